The lowest BCUT2D eigenvalue weighted by atomic mass is 10.2. The molecule has 1 atom stereocenters. The summed E-state index contributed by atoms with van der Waals surface area (Å²) in [6.07, 6.45) is 1.69. The van der Waals surface area contributed by atoms with Gasteiger partial charge in [0.25, 0.3) is 0 Å². The van der Waals surface area contributed by atoms with Crippen molar-refractivity contribution in [3.8, 4) is 6.07 Å². The third-order valence-corrected chi connectivity index (χ3v) is 3.33. The SMILES string of the molecule is CC(C#N)n1cc2c(Cl)cc(Cl)c(Cl)c2n1. The minimum atomic E-state index is -0.377. The fourth-order valence-corrected chi connectivity index (χ4v) is 2.05. The molecule has 6 heteroatoms. The summed E-state index contributed by atoms with van der Waals surface area (Å²) in [6.45, 7) is 1.73. The predicted molar refractivity (Wildman–Crippen MR) is 65.1 cm³/mol. The summed E-state index contributed by atoms with van der Waals surface area (Å²) in [4.78, 5) is 0. The zero-order valence-electron chi connectivity index (χ0n) is 8.21. The summed E-state index contributed by atoms with van der Waals surface area (Å²) in [6, 6.07) is 3.27. The van der Waals surface area contributed by atoms with Crippen molar-refractivity contribution in [2.24, 2.45) is 0 Å². The maximum absolute atomic E-state index is 8.80. The molecule has 0 fully saturated rings. The van der Waals surface area contributed by atoms with Crippen LogP contribution in [-0.4, -0.2) is 9.78 Å². The molecule has 0 saturated carbocycles. The molecule has 0 saturated heterocycles. The highest BCUT2D eigenvalue weighted by atomic mass is 35.5. The lowest BCUT2D eigenvalue weighted by molar-refractivity contribution is 0.597. The van der Waals surface area contributed by atoms with Crippen LogP contribution >= 0.6 is 34.8 Å². The largest absolute Gasteiger partial charge is 0.254 e. The van der Waals surface area contributed by atoms with Crippen molar-refractivity contribution in [3.05, 3.63) is 27.3 Å². The first-order valence-corrected chi connectivity index (χ1v) is 5.60. The van der Waals surface area contributed by atoms with Crippen LogP contribution in [0.2, 0.25) is 15.1 Å². The van der Waals surface area contributed by atoms with Crippen LogP contribution in [0.3, 0.4) is 0 Å². The van der Waals surface area contributed by atoms with Gasteiger partial charge in [-0.3, -0.25) is 4.68 Å². The molecule has 1 unspecified atom stereocenters. The first-order chi connectivity index (χ1) is 7.54. The molecule has 3 nitrogen and oxygen atoms in total. The molecule has 0 radical (unpaired) electrons. The van der Waals surface area contributed by atoms with Crippen molar-refractivity contribution in [2.45, 2.75) is 13.0 Å². The molecule has 0 amide bonds. The maximum Gasteiger partial charge on any atom is 0.135 e. The van der Waals surface area contributed by atoms with Crippen molar-refractivity contribution in [1.29, 1.82) is 5.26 Å². The first-order valence-electron chi connectivity index (χ1n) is 4.46. The molecule has 2 aromatic rings. The van der Waals surface area contributed by atoms with Crippen LogP contribution in [0, 0.1) is 11.3 Å². The predicted octanol–water partition coefficient (Wildman–Crippen LogP) is 4.08. The molecule has 1 aromatic carbocycles. The van der Waals surface area contributed by atoms with Crippen molar-refractivity contribution >= 4 is 45.7 Å². The Hall–Kier alpha value is -0.950. The summed E-state index contributed by atoms with van der Waals surface area (Å²) in [7, 11) is 0. The van der Waals surface area contributed by atoms with E-state index in [2.05, 4.69) is 11.2 Å². The van der Waals surface area contributed by atoms with Crippen LogP contribution < -0.4 is 0 Å². The standard InChI is InChI=1S/C10H6Cl3N3/c1-5(3-14)16-4-6-7(11)2-8(12)9(13)10(6)15-16/h2,4-5H,1H3. The van der Waals surface area contributed by atoms with Crippen LogP contribution in [0.15, 0.2) is 12.3 Å². The number of rotatable bonds is 1. The Labute approximate surface area is 107 Å². The van der Waals surface area contributed by atoms with E-state index >= 15 is 0 Å². The van der Waals surface area contributed by atoms with Crippen molar-refractivity contribution in [1.82, 2.24) is 9.78 Å². The highest BCUT2D eigenvalue weighted by Crippen LogP contribution is 2.35. The number of fused-ring (bicyclic) bond motifs is 1. The number of nitrogens with zero attached hydrogens (tertiary/aromatic N) is 3. The summed E-state index contributed by atoms with van der Waals surface area (Å²) >= 11 is 17.9. The summed E-state index contributed by atoms with van der Waals surface area (Å²) < 4.78 is 1.51. The van der Waals surface area contributed by atoms with E-state index in [-0.39, 0.29) is 6.04 Å². The molecular formula is C10H6Cl3N3. The molecule has 1 heterocycles. The zero-order chi connectivity index (χ0) is 11.9. The van der Waals surface area contributed by atoms with Gasteiger partial charge in [0.15, 0.2) is 0 Å². The normalized spacial score (nSPS) is 12.7. The monoisotopic (exact) mass is 273 g/mol. The Bertz CT molecular complexity index is 597. The zero-order valence-corrected chi connectivity index (χ0v) is 10.5. The van der Waals surface area contributed by atoms with Gasteiger partial charge in [-0.15, -0.1) is 0 Å². The first kappa shape index (κ1) is 11.5. The van der Waals surface area contributed by atoms with Gasteiger partial charge in [0.1, 0.15) is 11.6 Å². The Morgan fingerprint density at radius 1 is 1.38 bits per heavy atom. The summed E-state index contributed by atoms with van der Waals surface area (Å²) in [5, 5.41) is 14.9. The smallest absolute Gasteiger partial charge is 0.135 e. The lowest BCUT2D eigenvalue weighted by Crippen LogP contribution is -2.02. The van der Waals surface area contributed by atoms with E-state index in [0.29, 0.717) is 26.0 Å². The van der Waals surface area contributed by atoms with Crippen LogP contribution in [0.25, 0.3) is 10.9 Å². The van der Waals surface area contributed by atoms with Gasteiger partial charge >= 0.3 is 0 Å². The number of halogens is 3. The van der Waals surface area contributed by atoms with Crippen LogP contribution in [0.1, 0.15) is 13.0 Å². The van der Waals surface area contributed by atoms with E-state index in [9.17, 15) is 0 Å². The van der Waals surface area contributed by atoms with Crippen LogP contribution in [0.4, 0.5) is 0 Å². The van der Waals surface area contributed by atoms with E-state index < -0.39 is 0 Å². The van der Waals surface area contributed by atoms with Gasteiger partial charge in [-0.05, 0) is 13.0 Å². The van der Waals surface area contributed by atoms with Gasteiger partial charge in [0.05, 0.1) is 21.1 Å². The quantitative estimate of drug-likeness (QED) is 0.735. The molecule has 0 aliphatic heterocycles. The van der Waals surface area contributed by atoms with Crippen LogP contribution in [-0.2, 0) is 0 Å². The molecule has 82 valence electrons. The minimum absolute atomic E-state index is 0.352. The molecule has 1 aromatic heterocycles. The summed E-state index contributed by atoms with van der Waals surface area (Å²) in [5.41, 5.74) is 0.515. The topological polar surface area (TPSA) is 41.6 Å². The number of benzene rings is 1. The van der Waals surface area contributed by atoms with Gasteiger partial charge in [-0.2, -0.15) is 10.4 Å². The van der Waals surface area contributed by atoms with Gasteiger partial charge in [-0.1, -0.05) is 34.8 Å². The molecule has 2 rings (SSSR count). The van der Waals surface area contributed by atoms with E-state index in [1.54, 1.807) is 19.2 Å². The molecule has 0 aliphatic carbocycles. The molecular weight excluding hydrogens is 268 g/mol. The third kappa shape index (κ3) is 1.73. The second kappa shape index (κ2) is 4.14. The molecule has 16 heavy (non-hydrogen) atoms. The molecule has 0 N–H and O–H groups in total. The second-order valence-corrected chi connectivity index (χ2v) is 4.52. The van der Waals surface area contributed by atoms with E-state index in [4.69, 9.17) is 40.1 Å². The van der Waals surface area contributed by atoms with Crippen molar-refractivity contribution in [2.75, 3.05) is 0 Å². The highest BCUT2D eigenvalue weighted by molar-refractivity contribution is 6.47. The average Bonchev–Trinajstić information content (AvgIpc) is 2.70. The van der Waals surface area contributed by atoms with Gasteiger partial charge in [0, 0.05) is 11.6 Å². The van der Waals surface area contributed by atoms with Crippen LogP contribution in [0.5, 0.6) is 0 Å². The molecule has 0 bridgehead atoms. The van der Waals surface area contributed by atoms with E-state index in [0.717, 1.165) is 0 Å². The number of hydrogen-bond acceptors (Lipinski definition) is 2. The average molecular weight is 275 g/mol. The Balaban J connectivity index is 2.76. The Morgan fingerprint density at radius 2 is 2.06 bits per heavy atom. The van der Waals surface area contributed by atoms with E-state index in [1.807, 2.05) is 0 Å². The van der Waals surface area contributed by atoms with Gasteiger partial charge in [0.2, 0.25) is 0 Å². The minimum Gasteiger partial charge on any atom is -0.254 e. The second-order valence-electron chi connectivity index (χ2n) is 3.33. The summed E-state index contributed by atoms with van der Waals surface area (Å²) in [5.74, 6) is 0. The number of aromatic nitrogens is 2. The fraction of sp³-hybridized carbons (Fsp3) is 0.200. The highest BCUT2D eigenvalue weighted by Gasteiger charge is 2.14. The fourth-order valence-electron chi connectivity index (χ4n) is 1.35. The molecule has 0 aliphatic rings. The molecule has 0 spiro atoms. The van der Waals surface area contributed by atoms with Crippen molar-refractivity contribution < 1.29 is 0 Å². The van der Waals surface area contributed by atoms with Gasteiger partial charge < -0.3 is 0 Å². The van der Waals surface area contributed by atoms with E-state index in [1.165, 1.54) is 4.68 Å². The number of nitriles is 1. The maximum atomic E-state index is 8.80. The van der Waals surface area contributed by atoms with Crippen molar-refractivity contribution in [3.63, 3.8) is 0 Å². The third-order valence-electron chi connectivity index (χ3n) is 2.24. The number of hydrogen-bond donors (Lipinski definition) is 0. The Kier molecular flexibility index (Phi) is 2.98. The van der Waals surface area contributed by atoms with Gasteiger partial charge in [-0.25, -0.2) is 0 Å². The lowest BCUT2D eigenvalue weighted by Gasteiger charge is -1.99. The Morgan fingerprint density at radius 3 is 2.69 bits per heavy atom.